The Kier molecular flexibility index (Phi) is 10.4. The van der Waals surface area contributed by atoms with Crippen LogP contribution in [0.1, 0.15) is 32.8 Å². The van der Waals surface area contributed by atoms with Gasteiger partial charge in [0.15, 0.2) is 0 Å². The maximum atomic E-state index is 13.7. The van der Waals surface area contributed by atoms with Gasteiger partial charge < -0.3 is 19.7 Å². The number of para-hydroxylation sites is 2. The number of methoxy groups -OCH3 is 1. The highest BCUT2D eigenvalue weighted by atomic mass is 32.2. The number of sulfonamides is 1. The number of likely N-dealkylation sites (N-methyl/N-ethyl adjacent to an activating group) is 1. The number of hydrogen-bond donors (Lipinski definition) is 1. The van der Waals surface area contributed by atoms with E-state index in [0.29, 0.717) is 31.1 Å². The zero-order valence-corrected chi connectivity index (χ0v) is 21.8. The zero-order valence-electron chi connectivity index (χ0n) is 21.0. The Morgan fingerprint density at radius 2 is 1.77 bits per heavy atom. The summed E-state index contributed by atoms with van der Waals surface area (Å²) in [6.45, 7) is 5.77. The zero-order chi connectivity index (χ0) is 26.0. The van der Waals surface area contributed by atoms with Gasteiger partial charge in [0.05, 0.1) is 25.7 Å². The van der Waals surface area contributed by atoms with Crippen LogP contribution in [-0.2, 0) is 26.2 Å². The van der Waals surface area contributed by atoms with Crippen molar-refractivity contribution in [1.29, 1.82) is 0 Å². The molecule has 2 aromatic carbocycles. The molecule has 0 radical (unpaired) electrons. The Morgan fingerprint density at radius 3 is 2.37 bits per heavy atom. The van der Waals surface area contributed by atoms with Gasteiger partial charge in [0.1, 0.15) is 24.1 Å². The van der Waals surface area contributed by atoms with Crippen LogP contribution in [0.15, 0.2) is 48.5 Å². The van der Waals surface area contributed by atoms with Gasteiger partial charge in [-0.2, -0.15) is 0 Å². The van der Waals surface area contributed by atoms with Crippen molar-refractivity contribution in [1.82, 2.24) is 10.2 Å². The fraction of sp³-hybridized carbons (Fsp3) is 0.440. The molecule has 0 aliphatic rings. The molecule has 0 aliphatic carbocycles. The van der Waals surface area contributed by atoms with Gasteiger partial charge in [0.2, 0.25) is 21.8 Å². The minimum atomic E-state index is -3.85. The molecule has 10 heteroatoms. The second-order valence-corrected chi connectivity index (χ2v) is 9.77. The summed E-state index contributed by atoms with van der Waals surface area (Å²) in [5.74, 6) is 0.155. The minimum Gasteiger partial charge on any atom is -0.497 e. The third-order valence-corrected chi connectivity index (χ3v) is 6.46. The van der Waals surface area contributed by atoms with Crippen molar-refractivity contribution in [2.45, 2.75) is 39.8 Å². The number of carbonyl (C=O) groups excluding carboxylic acids is 2. The fourth-order valence-corrected chi connectivity index (χ4v) is 4.57. The van der Waals surface area contributed by atoms with Crippen molar-refractivity contribution in [3.05, 3.63) is 54.1 Å². The maximum absolute atomic E-state index is 13.7. The van der Waals surface area contributed by atoms with Gasteiger partial charge in [-0.25, -0.2) is 8.42 Å². The number of carbonyl (C=O) groups is 2. The molecule has 0 aromatic heterocycles. The van der Waals surface area contributed by atoms with Gasteiger partial charge in [0, 0.05) is 13.1 Å². The molecule has 2 rings (SSSR count). The Morgan fingerprint density at radius 1 is 1.06 bits per heavy atom. The van der Waals surface area contributed by atoms with Crippen LogP contribution in [-0.4, -0.2) is 64.2 Å². The first-order chi connectivity index (χ1) is 16.7. The highest BCUT2D eigenvalue weighted by Crippen LogP contribution is 2.30. The topological polar surface area (TPSA) is 105 Å². The molecule has 9 nitrogen and oxygen atoms in total. The summed E-state index contributed by atoms with van der Waals surface area (Å²) in [5, 5.41) is 2.77. The number of nitrogens with one attached hydrogen (secondary N) is 1. The molecular weight excluding hydrogens is 470 g/mol. The van der Waals surface area contributed by atoms with Crippen LogP contribution in [0, 0.1) is 0 Å². The van der Waals surface area contributed by atoms with Crippen LogP contribution in [0.3, 0.4) is 0 Å². The van der Waals surface area contributed by atoms with E-state index in [9.17, 15) is 18.0 Å². The summed E-state index contributed by atoms with van der Waals surface area (Å²) >= 11 is 0. The Hall–Kier alpha value is -3.27. The Balaban J connectivity index is 2.49. The molecule has 1 atom stereocenters. The van der Waals surface area contributed by atoms with Crippen LogP contribution < -0.4 is 19.1 Å². The summed E-state index contributed by atoms with van der Waals surface area (Å²) in [6, 6.07) is 13.1. The number of amides is 2. The average Bonchev–Trinajstić information content (AvgIpc) is 2.82. The van der Waals surface area contributed by atoms with Crippen LogP contribution in [0.4, 0.5) is 5.69 Å². The predicted octanol–water partition coefficient (Wildman–Crippen LogP) is 2.80. The third-order valence-electron chi connectivity index (χ3n) is 5.34. The molecule has 2 amide bonds. The molecule has 0 fully saturated rings. The lowest BCUT2D eigenvalue weighted by Crippen LogP contribution is -2.52. The molecule has 0 unspecified atom stereocenters. The predicted molar refractivity (Wildman–Crippen MR) is 136 cm³/mol. The van der Waals surface area contributed by atoms with E-state index in [4.69, 9.17) is 9.47 Å². The van der Waals surface area contributed by atoms with Crippen LogP contribution >= 0.6 is 0 Å². The molecule has 0 spiro atoms. The molecular formula is C25H35N3O6S. The van der Waals surface area contributed by atoms with Crippen LogP contribution in [0.5, 0.6) is 11.5 Å². The van der Waals surface area contributed by atoms with Crippen molar-refractivity contribution >= 4 is 27.5 Å². The first-order valence-corrected chi connectivity index (χ1v) is 13.4. The standard InChI is InChI=1S/C25H35N3O6S/c1-6-21(25(30)26-7-2)27(17-19-12-11-13-20(16-19)33-4)24(29)18-28(35(5,31)32)22-14-9-10-15-23(22)34-8-3/h9-16,21H,6-8,17-18H2,1-5H3,(H,26,30)/t21-/m1/s1. The molecule has 35 heavy (non-hydrogen) atoms. The normalized spacial score (nSPS) is 11.9. The summed E-state index contributed by atoms with van der Waals surface area (Å²) < 4.78 is 37.4. The first-order valence-electron chi connectivity index (χ1n) is 11.6. The van der Waals surface area contributed by atoms with Gasteiger partial charge in [-0.05, 0) is 50.1 Å². The van der Waals surface area contributed by atoms with Gasteiger partial charge >= 0.3 is 0 Å². The highest BCUT2D eigenvalue weighted by Gasteiger charge is 2.32. The third kappa shape index (κ3) is 7.61. The quantitative estimate of drug-likeness (QED) is 0.449. The summed E-state index contributed by atoms with van der Waals surface area (Å²) in [5.41, 5.74) is 1.01. The average molecular weight is 506 g/mol. The lowest BCUT2D eigenvalue weighted by molar-refractivity contribution is -0.140. The second-order valence-electron chi connectivity index (χ2n) is 7.86. The van der Waals surface area contributed by atoms with E-state index in [2.05, 4.69) is 5.32 Å². The van der Waals surface area contributed by atoms with Gasteiger partial charge in [-0.1, -0.05) is 31.2 Å². The van der Waals surface area contributed by atoms with Crippen molar-refractivity contribution in [2.24, 2.45) is 0 Å². The van der Waals surface area contributed by atoms with Gasteiger partial charge in [-0.15, -0.1) is 0 Å². The molecule has 0 heterocycles. The van der Waals surface area contributed by atoms with E-state index in [1.807, 2.05) is 13.0 Å². The lowest BCUT2D eigenvalue weighted by Gasteiger charge is -2.33. The van der Waals surface area contributed by atoms with Crippen molar-refractivity contribution in [2.75, 3.05) is 37.4 Å². The highest BCUT2D eigenvalue weighted by molar-refractivity contribution is 7.92. The maximum Gasteiger partial charge on any atom is 0.244 e. The molecule has 0 aliphatic heterocycles. The van der Waals surface area contributed by atoms with E-state index in [-0.39, 0.29) is 18.1 Å². The molecule has 1 N–H and O–H groups in total. The largest absolute Gasteiger partial charge is 0.497 e. The molecule has 192 valence electrons. The summed E-state index contributed by atoms with van der Waals surface area (Å²) in [6.07, 6.45) is 1.40. The number of nitrogens with zero attached hydrogens (tertiary/aromatic N) is 2. The molecule has 0 saturated heterocycles. The number of hydrogen-bond acceptors (Lipinski definition) is 6. The molecule has 0 bridgehead atoms. The van der Waals surface area contributed by atoms with Crippen molar-refractivity contribution in [3.63, 3.8) is 0 Å². The van der Waals surface area contributed by atoms with Crippen LogP contribution in [0.2, 0.25) is 0 Å². The fourth-order valence-electron chi connectivity index (χ4n) is 3.71. The number of benzene rings is 2. The number of rotatable bonds is 13. The van der Waals surface area contributed by atoms with E-state index >= 15 is 0 Å². The van der Waals surface area contributed by atoms with Gasteiger partial charge in [-0.3, -0.25) is 13.9 Å². The second kappa shape index (κ2) is 13.0. The van der Waals surface area contributed by atoms with E-state index in [1.54, 1.807) is 63.4 Å². The SMILES string of the molecule is CCNC(=O)[C@@H](CC)N(Cc1cccc(OC)c1)C(=O)CN(c1ccccc1OCC)S(C)(=O)=O. The summed E-state index contributed by atoms with van der Waals surface area (Å²) in [4.78, 5) is 27.9. The summed E-state index contributed by atoms with van der Waals surface area (Å²) in [7, 11) is -2.30. The van der Waals surface area contributed by atoms with Gasteiger partial charge in [0.25, 0.3) is 0 Å². The van der Waals surface area contributed by atoms with Crippen molar-refractivity contribution in [3.8, 4) is 11.5 Å². The molecule has 0 saturated carbocycles. The monoisotopic (exact) mass is 505 g/mol. The smallest absolute Gasteiger partial charge is 0.244 e. The van der Waals surface area contributed by atoms with Crippen molar-refractivity contribution < 1.29 is 27.5 Å². The molecule has 2 aromatic rings. The number of ether oxygens (including phenoxy) is 2. The van der Waals surface area contributed by atoms with E-state index in [0.717, 1.165) is 16.1 Å². The Bertz CT molecular complexity index is 1110. The van der Waals surface area contributed by atoms with E-state index < -0.39 is 28.5 Å². The minimum absolute atomic E-state index is 0.108. The van der Waals surface area contributed by atoms with Crippen LogP contribution in [0.25, 0.3) is 0 Å². The first kappa shape index (κ1) is 28.0. The number of anilines is 1. The lowest BCUT2D eigenvalue weighted by atomic mass is 10.1. The Labute approximate surface area is 208 Å². The van der Waals surface area contributed by atoms with E-state index in [1.165, 1.54) is 4.90 Å².